The van der Waals surface area contributed by atoms with Gasteiger partial charge in [-0.3, -0.25) is 4.79 Å². The molecule has 28 heavy (non-hydrogen) atoms. The second kappa shape index (κ2) is 9.50. The number of para-hydroxylation sites is 2. The molecule has 0 fully saturated rings. The third-order valence-corrected chi connectivity index (χ3v) is 4.08. The number of pyridine rings is 1. The first-order valence-corrected chi connectivity index (χ1v) is 9.13. The number of nitrogens with one attached hydrogen (secondary N) is 2. The number of hydrogen-bond donors (Lipinski definition) is 2. The fraction of sp³-hybridized carbons (Fsp3) is 0.182. The molecule has 0 aliphatic carbocycles. The van der Waals surface area contributed by atoms with Gasteiger partial charge in [0.15, 0.2) is 0 Å². The zero-order valence-electron chi connectivity index (χ0n) is 15.6. The van der Waals surface area contributed by atoms with Crippen molar-refractivity contribution in [3.05, 3.63) is 83.8 Å². The van der Waals surface area contributed by atoms with Crippen LogP contribution in [0.5, 0.6) is 5.75 Å². The number of ether oxygens (including phenoxy) is 1. The maximum Gasteiger partial charge on any atom is 0.251 e. The predicted octanol–water partition coefficient (Wildman–Crippen LogP) is 4.34. The summed E-state index contributed by atoms with van der Waals surface area (Å²) >= 11 is 0. The van der Waals surface area contributed by atoms with Crippen LogP contribution in [-0.2, 0) is 6.42 Å². The van der Waals surface area contributed by atoms with E-state index in [0.717, 1.165) is 17.0 Å². The van der Waals surface area contributed by atoms with Crippen molar-refractivity contribution in [2.24, 2.45) is 0 Å². The van der Waals surface area contributed by atoms with E-state index < -0.39 is 0 Å². The molecule has 0 aliphatic rings. The minimum absolute atomic E-state index is 0.189. The lowest BCUT2D eigenvalue weighted by Crippen LogP contribution is -2.25. The third kappa shape index (κ3) is 5.30. The molecule has 6 heteroatoms. The van der Waals surface area contributed by atoms with E-state index in [1.165, 1.54) is 12.1 Å². The van der Waals surface area contributed by atoms with E-state index in [1.807, 2.05) is 31.2 Å². The first-order valence-electron chi connectivity index (χ1n) is 9.13. The van der Waals surface area contributed by atoms with E-state index in [1.54, 1.807) is 30.5 Å². The van der Waals surface area contributed by atoms with Crippen LogP contribution in [0.15, 0.2) is 66.9 Å². The first kappa shape index (κ1) is 19.4. The zero-order chi connectivity index (χ0) is 19.8. The Morgan fingerprint density at radius 2 is 1.89 bits per heavy atom. The minimum atomic E-state index is -0.268. The van der Waals surface area contributed by atoms with Crippen LogP contribution in [0.2, 0.25) is 0 Å². The molecule has 144 valence electrons. The van der Waals surface area contributed by atoms with E-state index >= 15 is 0 Å². The van der Waals surface area contributed by atoms with Crippen molar-refractivity contribution >= 4 is 17.4 Å². The van der Waals surface area contributed by atoms with E-state index in [0.29, 0.717) is 31.0 Å². The Morgan fingerprint density at radius 1 is 1.11 bits per heavy atom. The van der Waals surface area contributed by atoms with Crippen molar-refractivity contribution in [1.82, 2.24) is 10.3 Å². The van der Waals surface area contributed by atoms with Gasteiger partial charge >= 0.3 is 0 Å². The van der Waals surface area contributed by atoms with Crippen LogP contribution < -0.4 is 15.4 Å². The first-order chi connectivity index (χ1) is 13.7. The minimum Gasteiger partial charge on any atom is -0.492 e. The van der Waals surface area contributed by atoms with Gasteiger partial charge in [0.25, 0.3) is 5.91 Å². The van der Waals surface area contributed by atoms with Crippen LogP contribution in [0.1, 0.15) is 22.8 Å². The number of halogens is 1. The van der Waals surface area contributed by atoms with Crippen LogP contribution in [0, 0.1) is 5.82 Å². The highest BCUT2D eigenvalue weighted by atomic mass is 19.1. The second-order valence-corrected chi connectivity index (χ2v) is 6.12. The number of carbonyl (C=O) groups excluding carboxylic acids is 1. The molecule has 3 rings (SSSR count). The van der Waals surface area contributed by atoms with E-state index in [9.17, 15) is 9.18 Å². The summed E-state index contributed by atoms with van der Waals surface area (Å²) in [5.74, 6) is 0.820. The van der Waals surface area contributed by atoms with E-state index in [4.69, 9.17) is 4.74 Å². The number of anilines is 2. The van der Waals surface area contributed by atoms with Gasteiger partial charge in [-0.15, -0.1) is 0 Å². The summed E-state index contributed by atoms with van der Waals surface area (Å²) in [7, 11) is 0. The molecule has 2 aromatic carbocycles. The number of carbonyl (C=O) groups is 1. The Kier molecular flexibility index (Phi) is 6.57. The number of benzene rings is 2. The molecular formula is C22H22FN3O2. The lowest BCUT2D eigenvalue weighted by Gasteiger charge is -2.12. The van der Waals surface area contributed by atoms with E-state index in [-0.39, 0.29) is 11.7 Å². The Morgan fingerprint density at radius 3 is 2.68 bits per heavy atom. The lowest BCUT2D eigenvalue weighted by atomic mass is 10.1. The summed E-state index contributed by atoms with van der Waals surface area (Å²) in [6.45, 7) is 2.94. The molecule has 1 aromatic heterocycles. The highest BCUT2D eigenvalue weighted by Gasteiger charge is 2.09. The Hall–Kier alpha value is -3.41. The zero-order valence-corrected chi connectivity index (χ0v) is 15.6. The molecular weight excluding hydrogens is 357 g/mol. The van der Waals surface area contributed by atoms with Crippen LogP contribution in [0.3, 0.4) is 0 Å². The molecule has 0 spiro atoms. The van der Waals surface area contributed by atoms with Gasteiger partial charge in [-0.05, 0) is 55.3 Å². The fourth-order valence-corrected chi connectivity index (χ4v) is 2.70. The van der Waals surface area contributed by atoms with Gasteiger partial charge in [0.05, 0.1) is 12.3 Å². The van der Waals surface area contributed by atoms with Crippen molar-refractivity contribution in [2.75, 3.05) is 18.5 Å². The quantitative estimate of drug-likeness (QED) is 0.611. The van der Waals surface area contributed by atoms with Crippen molar-refractivity contribution in [3.8, 4) is 5.75 Å². The average molecular weight is 379 g/mol. The molecule has 0 atom stereocenters. The van der Waals surface area contributed by atoms with Gasteiger partial charge in [0, 0.05) is 18.3 Å². The highest BCUT2D eigenvalue weighted by Crippen LogP contribution is 2.26. The Labute approximate surface area is 163 Å². The Balaban J connectivity index is 1.61. The van der Waals surface area contributed by atoms with Gasteiger partial charge in [-0.25, -0.2) is 9.37 Å². The van der Waals surface area contributed by atoms with Gasteiger partial charge in [-0.1, -0.05) is 24.3 Å². The van der Waals surface area contributed by atoms with Crippen LogP contribution in [0.25, 0.3) is 0 Å². The average Bonchev–Trinajstić information content (AvgIpc) is 2.71. The molecule has 0 unspecified atom stereocenters. The molecule has 3 aromatic rings. The van der Waals surface area contributed by atoms with Crippen molar-refractivity contribution in [3.63, 3.8) is 0 Å². The summed E-state index contributed by atoms with van der Waals surface area (Å²) in [5, 5.41) is 6.06. The molecule has 0 aliphatic heterocycles. The largest absolute Gasteiger partial charge is 0.492 e. The fourth-order valence-electron chi connectivity index (χ4n) is 2.70. The molecule has 1 heterocycles. The topological polar surface area (TPSA) is 63.2 Å². The van der Waals surface area contributed by atoms with Gasteiger partial charge in [0.2, 0.25) is 0 Å². The lowest BCUT2D eigenvalue weighted by molar-refractivity contribution is 0.0954. The molecule has 0 bridgehead atoms. The van der Waals surface area contributed by atoms with Crippen LogP contribution in [-0.4, -0.2) is 24.0 Å². The molecule has 0 radical (unpaired) electrons. The molecule has 2 N–H and O–H groups in total. The Bertz CT molecular complexity index is 929. The van der Waals surface area contributed by atoms with E-state index in [2.05, 4.69) is 15.6 Å². The van der Waals surface area contributed by atoms with Crippen molar-refractivity contribution in [1.29, 1.82) is 0 Å². The summed E-state index contributed by atoms with van der Waals surface area (Å²) in [6.07, 6.45) is 2.21. The summed E-state index contributed by atoms with van der Waals surface area (Å²) < 4.78 is 18.5. The van der Waals surface area contributed by atoms with Crippen molar-refractivity contribution in [2.45, 2.75) is 13.3 Å². The standard InChI is InChI=1S/C22H22FN3O2/c1-2-28-20-6-4-3-5-19(20)26-21-15-17(12-14-24-21)22(27)25-13-11-16-7-9-18(23)10-8-16/h3-10,12,14-15H,2,11,13H2,1H3,(H,24,26)(H,25,27). The second-order valence-electron chi connectivity index (χ2n) is 6.12. The van der Waals surface area contributed by atoms with Crippen LogP contribution in [0.4, 0.5) is 15.9 Å². The molecule has 0 saturated heterocycles. The summed E-state index contributed by atoms with van der Waals surface area (Å²) in [5.41, 5.74) is 2.25. The van der Waals surface area contributed by atoms with Gasteiger partial charge < -0.3 is 15.4 Å². The SMILES string of the molecule is CCOc1ccccc1Nc1cc(C(=O)NCCc2ccc(F)cc2)ccn1. The summed E-state index contributed by atoms with van der Waals surface area (Å²) in [6, 6.07) is 17.2. The number of nitrogens with zero attached hydrogens (tertiary/aromatic N) is 1. The maximum atomic E-state index is 12.9. The molecule has 0 saturated carbocycles. The predicted molar refractivity (Wildman–Crippen MR) is 108 cm³/mol. The number of aromatic nitrogens is 1. The number of rotatable bonds is 8. The van der Waals surface area contributed by atoms with Crippen molar-refractivity contribution < 1.29 is 13.9 Å². The molecule has 5 nitrogen and oxygen atoms in total. The van der Waals surface area contributed by atoms with Gasteiger partial charge in [0.1, 0.15) is 17.4 Å². The van der Waals surface area contributed by atoms with Gasteiger partial charge in [-0.2, -0.15) is 0 Å². The monoisotopic (exact) mass is 379 g/mol. The number of amides is 1. The maximum absolute atomic E-state index is 12.9. The summed E-state index contributed by atoms with van der Waals surface area (Å²) in [4.78, 5) is 16.7. The normalized spacial score (nSPS) is 10.4. The smallest absolute Gasteiger partial charge is 0.251 e. The number of hydrogen-bond acceptors (Lipinski definition) is 4. The highest BCUT2D eigenvalue weighted by molar-refractivity contribution is 5.95. The molecule has 1 amide bonds. The van der Waals surface area contributed by atoms with Crippen LogP contribution >= 0.6 is 0 Å². The third-order valence-electron chi connectivity index (χ3n) is 4.08.